The van der Waals surface area contributed by atoms with Gasteiger partial charge in [0, 0.05) is 55.4 Å². The van der Waals surface area contributed by atoms with Crippen LogP contribution in [0.5, 0.6) is 0 Å². The number of nitrogens with zero attached hydrogens (tertiary/aromatic N) is 2. The minimum atomic E-state index is -0.153. The van der Waals surface area contributed by atoms with Crippen LogP contribution in [0.1, 0.15) is 50.5 Å². The normalized spacial score (nSPS) is 32.9. The largest absolute Gasteiger partial charge is 0.489 e. The Morgan fingerprint density at radius 2 is 1.97 bits per heavy atom. The van der Waals surface area contributed by atoms with Gasteiger partial charge in [-0.3, -0.25) is 14.6 Å². The fraction of sp³-hybridized carbons (Fsp3) is 0.483. The number of carbonyl (C=O) groups excluding carboxylic acids is 2. The molecule has 3 aliphatic carbocycles. The van der Waals surface area contributed by atoms with Gasteiger partial charge in [-0.05, 0) is 66.9 Å². The van der Waals surface area contributed by atoms with Crippen LogP contribution in [0.25, 0.3) is 10.8 Å². The first-order chi connectivity index (χ1) is 16.3. The summed E-state index contributed by atoms with van der Waals surface area (Å²) >= 11 is 0. The van der Waals surface area contributed by atoms with Crippen LogP contribution in [0.4, 0.5) is 0 Å². The third-order valence-corrected chi connectivity index (χ3v) is 8.70. The second kappa shape index (κ2) is 7.88. The van der Waals surface area contributed by atoms with Gasteiger partial charge in [-0.2, -0.15) is 0 Å². The average molecular weight is 457 g/mol. The van der Waals surface area contributed by atoms with E-state index in [9.17, 15) is 9.59 Å². The molecule has 4 aliphatic rings. The summed E-state index contributed by atoms with van der Waals surface area (Å²) in [5, 5.41) is 2.22. The number of Topliss-reactive ketones (excluding diaryl/α,β-unsaturated/α-hetero) is 2. The van der Waals surface area contributed by atoms with Crippen LogP contribution in [0.2, 0.25) is 0 Å². The molecule has 1 aliphatic heterocycles. The number of rotatable bonds is 3. The van der Waals surface area contributed by atoms with E-state index in [1.54, 1.807) is 6.20 Å². The van der Waals surface area contributed by atoms with E-state index in [0.29, 0.717) is 18.6 Å². The van der Waals surface area contributed by atoms with E-state index in [4.69, 9.17) is 4.74 Å². The summed E-state index contributed by atoms with van der Waals surface area (Å²) < 4.78 is 6.67. The molecule has 5 atom stereocenters. The first-order valence-corrected chi connectivity index (χ1v) is 12.5. The highest BCUT2D eigenvalue weighted by Gasteiger charge is 2.58. The predicted molar refractivity (Wildman–Crippen MR) is 131 cm³/mol. The summed E-state index contributed by atoms with van der Waals surface area (Å²) in [6.45, 7) is 3.17. The van der Waals surface area contributed by atoms with Gasteiger partial charge in [0.25, 0.3) is 0 Å². The highest BCUT2D eigenvalue weighted by molar-refractivity contribution is 6.00. The third-order valence-electron chi connectivity index (χ3n) is 8.70. The molecule has 0 bridgehead atoms. The molecule has 2 heterocycles. The fourth-order valence-electron chi connectivity index (χ4n) is 7.14. The lowest BCUT2D eigenvalue weighted by Crippen LogP contribution is -2.44. The van der Waals surface area contributed by atoms with Crippen LogP contribution in [0.3, 0.4) is 0 Å². The van der Waals surface area contributed by atoms with Gasteiger partial charge in [0.2, 0.25) is 0 Å². The number of ketones is 2. The van der Waals surface area contributed by atoms with Crippen molar-refractivity contribution in [2.45, 2.75) is 51.0 Å². The van der Waals surface area contributed by atoms with Crippen LogP contribution in [-0.4, -0.2) is 48.2 Å². The van der Waals surface area contributed by atoms with Gasteiger partial charge in [-0.25, -0.2) is 0 Å². The number of ether oxygens (including phenoxy) is 1. The first kappa shape index (κ1) is 21.7. The molecule has 0 spiro atoms. The van der Waals surface area contributed by atoms with Crippen molar-refractivity contribution in [1.29, 1.82) is 0 Å². The second-order valence-electron chi connectivity index (χ2n) is 11.3. The summed E-state index contributed by atoms with van der Waals surface area (Å²) in [6.07, 6.45) is 9.45. The molecule has 6 rings (SSSR count). The molecule has 176 valence electrons. The summed E-state index contributed by atoms with van der Waals surface area (Å²) in [5.74, 6) is 1.68. The molecule has 2 aromatic rings. The van der Waals surface area contributed by atoms with E-state index < -0.39 is 0 Å². The topological polar surface area (TPSA) is 59.5 Å². The molecule has 0 amide bonds. The fourth-order valence-corrected chi connectivity index (χ4v) is 7.14. The highest BCUT2D eigenvalue weighted by atomic mass is 16.5. The molecule has 5 nitrogen and oxygen atoms in total. The monoisotopic (exact) mass is 456 g/mol. The Morgan fingerprint density at radius 1 is 1.12 bits per heavy atom. The lowest BCUT2D eigenvalue weighted by Gasteiger charge is -2.47. The predicted octanol–water partition coefficient (Wildman–Crippen LogP) is 4.83. The van der Waals surface area contributed by atoms with Crippen molar-refractivity contribution >= 4 is 22.3 Å². The maximum absolute atomic E-state index is 13.5. The van der Waals surface area contributed by atoms with Crippen LogP contribution < -0.4 is 0 Å². The zero-order chi connectivity index (χ0) is 23.6. The molecule has 2 fully saturated rings. The van der Waals surface area contributed by atoms with Crippen molar-refractivity contribution in [3.63, 3.8) is 0 Å². The number of fused-ring (bicyclic) bond motifs is 4. The number of hydrogen-bond donors (Lipinski definition) is 0. The molecule has 34 heavy (non-hydrogen) atoms. The van der Waals surface area contributed by atoms with Gasteiger partial charge < -0.3 is 9.64 Å². The lowest BCUT2D eigenvalue weighted by atomic mass is 9.61. The van der Waals surface area contributed by atoms with Crippen LogP contribution in [0, 0.1) is 17.3 Å². The number of allylic oxidation sites excluding steroid dienone is 3. The Morgan fingerprint density at radius 3 is 2.79 bits per heavy atom. The Balaban J connectivity index is 1.32. The van der Waals surface area contributed by atoms with E-state index >= 15 is 0 Å². The van der Waals surface area contributed by atoms with Gasteiger partial charge in [0.05, 0.1) is 5.57 Å². The van der Waals surface area contributed by atoms with E-state index in [0.717, 1.165) is 53.5 Å². The molecular weight excluding hydrogens is 424 g/mol. The zero-order valence-electron chi connectivity index (χ0n) is 20.2. The van der Waals surface area contributed by atoms with Gasteiger partial charge >= 0.3 is 0 Å². The standard InChI is InChI=1S/C29H32N2O3/c1-29-8-6-20-13-22-24(32)10-17(16-31(2)3)11-26(22)34-28(20)23(29)14-25(33)27(29)19-4-5-21-15-30-9-7-18(21)12-19/h4-5,7,9,12-13,15,17,23,27-28H,6,8,10-11,14,16H2,1-3H3/t17?,23-,27-,28+,29-/m0/s1. The number of benzene rings is 1. The quantitative estimate of drug-likeness (QED) is 0.662. The summed E-state index contributed by atoms with van der Waals surface area (Å²) in [4.78, 5) is 32.8. The van der Waals surface area contributed by atoms with Crippen molar-refractivity contribution in [3.8, 4) is 0 Å². The number of pyridine rings is 1. The van der Waals surface area contributed by atoms with E-state index in [1.807, 2.05) is 26.4 Å². The molecule has 0 radical (unpaired) electrons. The highest BCUT2D eigenvalue weighted by Crippen LogP contribution is 2.60. The number of carbonyl (C=O) groups is 2. The van der Waals surface area contributed by atoms with Crippen molar-refractivity contribution in [3.05, 3.63) is 65.2 Å². The lowest BCUT2D eigenvalue weighted by molar-refractivity contribution is -0.120. The zero-order valence-corrected chi connectivity index (χ0v) is 20.2. The molecule has 0 saturated heterocycles. The SMILES string of the molecule is CN(C)CC1CC(=O)C2=C(C1)O[C@@H]1C(=C2)CC[C@]2(C)[C@@H](c3ccc4cnccc4c3)C(=O)C[C@@H]12. The number of hydrogen-bond acceptors (Lipinski definition) is 5. The van der Waals surface area contributed by atoms with Gasteiger partial charge in [-0.15, -0.1) is 0 Å². The minimum Gasteiger partial charge on any atom is -0.489 e. The molecule has 1 aromatic heterocycles. The average Bonchev–Trinajstić information content (AvgIpc) is 3.08. The Hall–Kier alpha value is -2.79. The van der Waals surface area contributed by atoms with Crippen molar-refractivity contribution in [2.24, 2.45) is 17.3 Å². The van der Waals surface area contributed by atoms with E-state index in [2.05, 4.69) is 41.1 Å². The van der Waals surface area contributed by atoms with Crippen LogP contribution in [0.15, 0.2) is 59.6 Å². The van der Waals surface area contributed by atoms with Gasteiger partial charge in [0.15, 0.2) is 5.78 Å². The molecule has 5 heteroatoms. The minimum absolute atomic E-state index is 0.0954. The smallest absolute Gasteiger partial charge is 0.166 e. The van der Waals surface area contributed by atoms with E-state index in [1.165, 1.54) is 5.57 Å². The molecule has 0 N–H and O–H groups in total. The summed E-state index contributed by atoms with van der Waals surface area (Å²) in [7, 11) is 4.10. The van der Waals surface area contributed by atoms with Crippen molar-refractivity contribution in [2.75, 3.05) is 20.6 Å². The van der Waals surface area contributed by atoms with Crippen LogP contribution in [-0.2, 0) is 14.3 Å². The molecule has 1 unspecified atom stereocenters. The maximum atomic E-state index is 13.5. The maximum Gasteiger partial charge on any atom is 0.166 e. The molecule has 2 saturated carbocycles. The second-order valence-corrected chi connectivity index (χ2v) is 11.3. The third kappa shape index (κ3) is 3.36. The molecule has 1 aromatic carbocycles. The Labute approximate surface area is 200 Å². The number of aromatic nitrogens is 1. The first-order valence-electron chi connectivity index (χ1n) is 12.5. The Bertz CT molecular complexity index is 1260. The summed E-state index contributed by atoms with van der Waals surface area (Å²) in [5.41, 5.74) is 2.95. The van der Waals surface area contributed by atoms with E-state index in [-0.39, 0.29) is 35.1 Å². The molecular formula is C29H32N2O3. The Kier molecular flexibility index (Phi) is 5.03. The summed E-state index contributed by atoms with van der Waals surface area (Å²) in [6, 6.07) is 8.39. The van der Waals surface area contributed by atoms with Crippen LogP contribution >= 0.6 is 0 Å². The van der Waals surface area contributed by atoms with Gasteiger partial charge in [0.1, 0.15) is 17.6 Å². The van der Waals surface area contributed by atoms with Crippen molar-refractivity contribution < 1.29 is 14.3 Å². The van der Waals surface area contributed by atoms with Crippen molar-refractivity contribution in [1.82, 2.24) is 9.88 Å². The van der Waals surface area contributed by atoms with Gasteiger partial charge in [-0.1, -0.05) is 25.1 Å².